The summed E-state index contributed by atoms with van der Waals surface area (Å²) in [6.45, 7) is 0. The molecule has 2 heteroatoms. The fourth-order valence-electron chi connectivity index (χ4n) is 6.75. The van der Waals surface area contributed by atoms with Crippen LogP contribution < -0.4 is 4.90 Å². The number of rotatable bonds is 3. The predicted molar refractivity (Wildman–Crippen MR) is 178 cm³/mol. The van der Waals surface area contributed by atoms with E-state index in [0.717, 1.165) is 49.8 Å². The minimum Gasteiger partial charge on any atom is -0.455 e. The van der Waals surface area contributed by atoms with E-state index in [0.29, 0.717) is 0 Å². The Balaban J connectivity index is 1.37. The first-order valence-electron chi connectivity index (χ1n) is 14.4. The zero-order valence-electron chi connectivity index (χ0n) is 22.8. The quantitative estimate of drug-likeness (QED) is 0.209. The number of para-hydroxylation sites is 2. The number of hydrogen-bond acceptors (Lipinski definition) is 2. The Morgan fingerprint density at radius 1 is 0.357 bits per heavy atom. The molecule has 1 heterocycles. The van der Waals surface area contributed by atoms with E-state index in [1.54, 1.807) is 0 Å². The van der Waals surface area contributed by atoms with Crippen LogP contribution in [0.4, 0.5) is 17.1 Å². The summed E-state index contributed by atoms with van der Waals surface area (Å²) in [7, 11) is 0. The summed E-state index contributed by atoms with van der Waals surface area (Å²) >= 11 is 0. The van der Waals surface area contributed by atoms with Crippen molar-refractivity contribution in [2.24, 2.45) is 0 Å². The molecule has 0 atom stereocenters. The molecule has 0 saturated heterocycles. The molecule has 0 unspecified atom stereocenters. The van der Waals surface area contributed by atoms with Gasteiger partial charge in [0.05, 0.1) is 11.4 Å². The zero-order chi connectivity index (χ0) is 27.6. The van der Waals surface area contributed by atoms with Gasteiger partial charge in [-0.05, 0) is 63.3 Å². The maximum absolute atomic E-state index is 6.45. The van der Waals surface area contributed by atoms with Gasteiger partial charge >= 0.3 is 0 Å². The highest BCUT2D eigenvalue weighted by Gasteiger charge is 2.20. The van der Waals surface area contributed by atoms with E-state index < -0.39 is 0 Å². The van der Waals surface area contributed by atoms with Crippen molar-refractivity contribution in [1.29, 1.82) is 0 Å². The molecule has 196 valence electrons. The monoisotopic (exact) mass is 535 g/mol. The average molecular weight is 536 g/mol. The number of furan rings is 1. The van der Waals surface area contributed by atoms with Crippen molar-refractivity contribution in [2.75, 3.05) is 4.90 Å². The largest absolute Gasteiger partial charge is 0.455 e. The topological polar surface area (TPSA) is 16.4 Å². The zero-order valence-corrected chi connectivity index (χ0v) is 22.8. The lowest BCUT2D eigenvalue weighted by Crippen LogP contribution is -2.11. The van der Waals surface area contributed by atoms with E-state index in [-0.39, 0.29) is 0 Å². The molecular weight excluding hydrogens is 510 g/mol. The number of benzene rings is 8. The molecular formula is C40H25NO. The highest BCUT2D eigenvalue weighted by Crippen LogP contribution is 2.45. The normalized spacial score (nSPS) is 11.8. The molecule has 0 aliphatic carbocycles. The molecule has 9 rings (SSSR count). The molecule has 42 heavy (non-hydrogen) atoms. The first-order valence-corrected chi connectivity index (χ1v) is 14.4. The van der Waals surface area contributed by atoms with Crippen LogP contribution >= 0.6 is 0 Å². The molecule has 0 N–H and O–H groups in total. The van der Waals surface area contributed by atoms with Crippen molar-refractivity contribution in [3.05, 3.63) is 152 Å². The Morgan fingerprint density at radius 3 is 1.79 bits per heavy atom. The Kier molecular flexibility index (Phi) is 4.93. The van der Waals surface area contributed by atoms with Crippen molar-refractivity contribution in [1.82, 2.24) is 0 Å². The molecule has 8 aromatic carbocycles. The van der Waals surface area contributed by atoms with E-state index in [4.69, 9.17) is 4.42 Å². The van der Waals surface area contributed by atoms with Gasteiger partial charge < -0.3 is 9.32 Å². The summed E-state index contributed by atoms with van der Waals surface area (Å²) in [6.07, 6.45) is 0. The van der Waals surface area contributed by atoms with Gasteiger partial charge in [0.1, 0.15) is 11.2 Å². The van der Waals surface area contributed by atoms with Crippen LogP contribution in [0.15, 0.2) is 156 Å². The standard InChI is InChI=1S/C40H25NO/c1-2-11-28(12-3-1)41(37-18-9-16-34-31(37)24-25-35-32-14-6-7-19-38(32)42-40(34)35)36-17-8-15-33-30(36)23-22-27-21-20-26-10-4-5-13-29(26)39(27)33/h1-25H. The molecule has 2 nitrogen and oxygen atoms in total. The van der Waals surface area contributed by atoms with Gasteiger partial charge in [-0.15, -0.1) is 0 Å². The summed E-state index contributed by atoms with van der Waals surface area (Å²) in [6, 6.07) is 54.3. The van der Waals surface area contributed by atoms with Crippen LogP contribution in [0.5, 0.6) is 0 Å². The lowest BCUT2D eigenvalue weighted by molar-refractivity contribution is 0.672. The van der Waals surface area contributed by atoms with E-state index >= 15 is 0 Å². The van der Waals surface area contributed by atoms with Gasteiger partial charge in [0.25, 0.3) is 0 Å². The van der Waals surface area contributed by atoms with Gasteiger partial charge in [-0.2, -0.15) is 0 Å². The van der Waals surface area contributed by atoms with E-state index in [9.17, 15) is 0 Å². The summed E-state index contributed by atoms with van der Waals surface area (Å²) < 4.78 is 6.45. The Morgan fingerprint density at radius 2 is 0.929 bits per heavy atom. The van der Waals surface area contributed by atoms with E-state index in [1.165, 1.54) is 32.3 Å². The summed E-state index contributed by atoms with van der Waals surface area (Å²) in [5.41, 5.74) is 5.22. The second-order valence-corrected chi connectivity index (χ2v) is 10.9. The van der Waals surface area contributed by atoms with Crippen LogP contribution in [0.2, 0.25) is 0 Å². The number of hydrogen-bond donors (Lipinski definition) is 0. The Bertz CT molecular complexity index is 2470. The third-order valence-corrected chi connectivity index (χ3v) is 8.62. The van der Waals surface area contributed by atoms with Crippen LogP contribution in [-0.4, -0.2) is 0 Å². The maximum atomic E-state index is 6.45. The number of fused-ring (bicyclic) bond motifs is 10. The first kappa shape index (κ1) is 23.1. The summed E-state index contributed by atoms with van der Waals surface area (Å²) in [5, 5.41) is 12.1. The van der Waals surface area contributed by atoms with E-state index in [2.05, 4.69) is 144 Å². The van der Waals surface area contributed by atoms with Gasteiger partial charge in [0.15, 0.2) is 0 Å². The lowest BCUT2D eigenvalue weighted by Gasteiger charge is -2.28. The fourth-order valence-corrected chi connectivity index (χ4v) is 6.75. The number of anilines is 3. The lowest BCUT2D eigenvalue weighted by atomic mass is 9.95. The van der Waals surface area contributed by atoms with Gasteiger partial charge in [0.2, 0.25) is 0 Å². The Labute approximate surface area is 242 Å². The molecule has 0 spiro atoms. The maximum Gasteiger partial charge on any atom is 0.143 e. The minimum atomic E-state index is 0.915. The summed E-state index contributed by atoms with van der Waals surface area (Å²) in [5.74, 6) is 0. The SMILES string of the molecule is c1ccc(N(c2cccc3c2ccc2c4ccccc4oc32)c2cccc3c2ccc2ccc4ccccc4c23)cc1. The summed E-state index contributed by atoms with van der Waals surface area (Å²) in [4.78, 5) is 2.40. The number of nitrogens with zero attached hydrogens (tertiary/aromatic N) is 1. The van der Waals surface area contributed by atoms with Gasteiger partial charge in [-0.25, -0.2) is 0 Å². The molecule has 9 aromatic rings. The second kappa shape index (κ2) is 8.95. The minimum absolute atomic E-state index is 0.915. The van der Waals surface area contributed by atoms with Crippen molar-refractivity contribution in [3.8, 4) is 0 Å². The van der Waals surface area contributed by atoms with Crippen LogP contribution in [-0.2, 0) is 0 Å². The van der Waals surface area contributed by atoms with Crippen molar-refractivity contribution in [2.45, 2.75) is 0 Å². The Hall–Kier alpha value is -5.60. The third-order valence-electron chi connectivity index (χ3n) is 8.62. The van der Waals surface area contributed by atoms with Crippen LogP contribution in [0.25, 0.3) is 65.0 Å². The smallest absolute Gasteiger partial charge is 0.143 e. The van der Waals surface area contributed by atoms with Crippen LogP contribution in [0, 0.1) is 0 Å². The molecule has 1 aromatic heterocycles. The second-order valence-electron chi connectivity index (χ2n) is 10.9. The van der Waals surface area contributed by atoms with Gasteiger partial charge in [-0.1, -0.05) is 115 Å². The predicted octanol–water partition coefficient (Wildman–Crippen LogP) is 11.7. The fraction of sp³-hybridized carbons (Fsp3) is 0. The van der Waals surface area contributed by atoms with Crippen molar-refractivity contribution >= 4 is 82.1 Å². The molecule has 0 aliphatic heterocycles. The van der Waals surface area contributed by atoms with Gasteiger partial charge in [0, 0.05) is 32.6 Å². The molecule has 0 fully saturated rings. The third kappa shape index (κ3) is 3.33. The van der Waals surface area contributed by atoms with Crippen molar-refractivity contribution < 1.29 is 4.42 Å². The first-order chi connectivity index (χ1) is 20.8. The average Bonchev–Trinajstić information content (AvgIpc) is 3.44. The highest BCUT2D eigenvalue weighted by molar-refractivity contribution is 6.23. The highest BCUT2D eigenvalue weighted by atomic mass is 16.3. The molecule has 0 radical (unpaired) electrons. The molecule has 0 aliphatic rings. The van der Waals surface area contributed by atoms with Crippen molar-refractivity contribution in [3.63, 3.8) is 0 Å². The van der Waals surface area contributed by atoms with E-state index in [1.807, 2.05) is 12.1 Å². The molecule has 0 bridgehead atoms. The van der Waals surface area contributed by atoms with Gasteiger partial charge in [-0.3, -0.25) is 0 Å². The van der Waals surface area contributed by atoms with Crippen LogP contribution in [0.1, 0.15) is 0 Å². The molecule has 0 amide bonds. The van der Waals surface area contributed by atoms with Crippen LogP contribution in [0.3, 0.4) is 0 Å². The molecule has 0 saturated carbocycles.